The van der Waals surface area contributed by atoms with Gasteiger partial charge < -0.3 is 16.4 Å². The zero-order chi connectivity index (χ0) is 26.0. The average Bonchev–Trinajstić information content (AvgIpc) is 3.27. The number of nitrogens with one attached hydrogen (secondary N) is 3. The minimum atomic E-state index is -0.580. The molecule has 0 aliphatic heterocycles. The number of nitrogens with zero attached hydrogens (tertiary/aromatic N) is 3. The van der Waals surface area contributed by atoms with Gasteiger partial charge in [-0.15, -0.1) is 0 Å². The maximum absolute atomic E-state index is 13.1. The quantitative estimate of drug-likeness (QED) is 0.253. The maximum atomic E-state index is 13.1. The number of rotatable bonds is 5. The molecular weight excluding hydrogens is 458 g/mol. The molecular formula is C26H25N7O3. The number of hydrogen-bond donors (Lipinski definition) is 4. The van der Waals surface area contributed by atoms with E-state index in [2.05, 4.69) is 15.6 Å². The van der Waals surface area contributed by atoms with Crippen LogP contribution in [0.25, 0.3) is 16.9 Å². The van der Waals surface area contributed by atoms with Gasteiger partial charge in [0.2, 0.25) is 5.91 Å². The number of amidine groups is 1. The molecule has 182 valence electrons. The van der Waals surface area contributed by atoms with Crippen LogP contribution < -0.4 is 21.3 Å². The van der Waals surface area contributed by atoms with Gasteiger partial charge in [0.05, 0.1) is 11.4 Å². The van der Waals surface area contributed by atoms with E-state index in [1.807, 2.05) is 13.0 Å². The number of fused-ring (bicyclic) bond motifs is 1. The van der Waals surface area contributed by atoms with E-state index in [1.165, 1.54) is 24.9 Å². The normalized spacial score (nSPS) is 10.6. The first-order valence-corrected chi connectivity index (χ1v) is 11.1. The number of aromatic nitrogens is 2. The van der Waals surface area contributed by atoms with E-state index in [-0.39, 0.29) is 11.7 Å². The lowest BCUT2D eigenvalue weighted by molar-refractivity contribution is 0.0995. The number of pyridine rings is 1. The third-order valence-electron chi connectivity index (χ3n) is 5.53. The van der Waals surface area contributed by atoms with E-state index in [0.717, 1.165) is 11.1 Å². The van der Waals surface area contributed by atoms with Gasteiger partial charge in [0.15, 0.2) is 0 Å². The molecule has 0 atom stereocenters. The van der Waals surface area contributed by atoms with Crippen molar-refractivity contribution in [2.24, 2.45) is 5.73 Å². The van der Waals surface area contributed by atoms with E-state index >= 15 is 0 Å². The summed E-state index contributed by atoms with van der Waals surface area (Å²) in [5, 5.41) is 13.2. The summed E-state index contributed by atoms with van der Waals surface area (Å²) in [6, 6.07) is 16.7. The lowest BCUT2D eigenvalue weighted by atomic mass is 10.1. The molecule has 4 aromatic rings. The number of carbonyl (C=O) groups excluding carboxylic acids is 3. The first kappa shape index (κ1) is 24.1. The molecule has 0 aliphatic rings. The smallest absolute Gasteiger partial charge is 0.327 e. The van der Waals surface area contributed by atoms with Crippen molar-refractivity contribution in [3.8, 4) is 11.3 Å². The van der Waals surface area contributed by atoms with Crippen LogP contribution in [0.4, 0.5) is 16.2 Å². The lowest BCUT2D eigenvalue weighted by Gasteiger charge is -2.20. The highest BCUT2D eigenvalue weighted by Crippen LogP contribution is 2.25. The molecule has 0 fully saturated rings. The van der Waals surface area contributed by atoms with Crippen LogP contribution in [0.15, 0.2) is 66.9 Å². The Morgan fingerprint density at radius 3 is 2.42 bits per heavy atom. The molecule has 2 heterocycles. The molecule has 4 amide bonds. The van der Waals surface area contributed by atoms with Crippen molar-refractivity contribution in [3.63, 3.8) is 0 Å². The number of primary amides is 1. The maximum Gasteiger partial charge on any atom is 0.327 e. The molecule has 4 rings (SSSR count). The second-order valence-electron chi connectivity index (χ2n) is 8.19. The van der Waals surface area contributed by atoms with E-state index in [9.17, 15) is 14.4 Å². The first-order valence-electron chi connectivity index (χ1n) is 11.1. The number of urea groups is 1. The zero-order valence-electron chi connectivity index (χ0n) is 20.0. The Balaban J connectivity index is 1.67. The van der Waals surface area contributed by atoms with E-state index in [0.29, 0.717) is 34.0 Å². The van der Waals surface area contributed by atoms with Crippen LogP contribution in [0.3, 0.4) is 0 Å². The summed E-state index contributed by atoms with van der Waals surface area (Å²) >= 11 is 0. The number of amides is 4. The monoisotopic (exact) mass is 483 g/mol. The van der Waals surface area contributed by atoms with Gasteiger partial charge in [-0.05, 0) is 61.9 Å². The topological polar surface area (TPSA) is 146 Å². The number of carbonyl (C=O) groups is 3. The first-order chi connectivity index (χ1) is 17.2. The predicted molar refractivity (Wildman–Crippen MR) is 139 cm³/mol. The number of hydrogen-bond acceptors (Lipinski definition) is 5. The minimum Gasteiger partial charge on any atom is -0.366 e. The standard InChI is InChI=1S/C26H25N7O3/c1-15-11-22(25(35)30-19-6-4-5-18(13-19)24(28)34)32-14-21(31-23(32)12-15)17-7-9-20(10-8-17)33(16(2)27)26(36)29-3/h4-14,27H,1-3H3,(H2,28,34)(H,29,36)(H,30,35). The highest BCUT2D eigenvalue weighted by molar-refractivity contribution is 6.14. The number of anilines is 2. The molecule has 10 heteroatoms. The van der Waals surface area contributed by atoms with Crippen LogP contribution in [0.2, 0.25) is 0 Å². The van der Waals surface area contributed by atoms with Gasteiger partial charge in [-0.25, -0.2) is 9.78 Å². The number of aryl methyl sites for hydroxylation is 1. The zero-order valence-corrected chi connectivity index (χ0v) is 20.0. The van der Waals surface area contributed by atoms with Crippen LogP contribution in [0.1, 0.15) is 33.3 Å². The van der Waals surface area contributed by atoms with Gasteiger partial charge in [-0.1, -0.05) is 18.2 Å². The molecule has 0 radical (unpaired) electrons. The molecule has 0 aliphatic carbocycles. The highest BCUT2D eigenvalue weighted by atomic mass is 16.2. The van der Waals surface area contributed by atoms with Crippen molar-refractivity contribution in [1.29, 1.82) is 5.41 Å². The van der Waals surface area contributed by atoms with E-state index < -0.39 is 11.9 Å². The number of imidazole rings is 1. The lowest BCUT2D eigenvalue weighted by Crippen LogP contribution is -2.41. The summed E-state index contributed by atoms with van der Waals surface area (Å²) in [5.74, 6) is -0.863. The largest absolute Gasteiger partial charge is 0.366 e. The van der Waals surface area contributed by atoms with Crippen molar-refractivity contribution in [2.75, 3.05) is 17.3 Å². The fraction of sp³-hybridized carbons (Fsp3) is 0.115. The Bertz CT molecular complexity index is 1510. The Morgan fingerprint density at radius 2 is 1.78 bits per heavy atom. The molecule has 0 saturated carbocycles. The van der Waals surface area contributed by atoms with Crippen LogP contribution in [-0.4, -0.2) is 40.1 Å². The van der Waals surface area contributed by atoms with Crippen LogP contribution >= 0.6 is 0 Å². The molecule has 0 unspecified atom stereocenters. The molecule has 0 spiro atoms. The van der Waals surface area contributed by atoms with Gasteiger partial charge in [0.25, 0.3) is 5.91 Å². The fourth-order valence-corrected chi connectivity index (χ4v) is 3.84. The summed E-state index contributed by atoms with van der Waals surface area (Å²) in [5.41, 5.74) is 9.86. The van der Waals surface area contributed by atoms with Crippen molar-refractivity contribution in [2.45, 2.75) is 13.8 Å². The summed E-state index contributed by atoms with van der Waals surface area (Å²) < 4.78 is 1.70. The average molecular weight is 484 g/mol. The van der Waals surface area contributed by atoms with Crippen LogP contribution in [-0.2, 0) is 0 Å². The van der Waals surface area contributed by atoms with E-state index in [4.69, 9.17) is 11.1 Å². The second kappa shape index (κ2) is 9.71. The molecule has 2 aromatic heterocycles. The van der Waals surface area contributed by atoms with Gasteiger partial charge >= 0.3 is 6.03 Å². The van der Waals surface area contributed by atoms with E-state index in [1.54, 1.807) is 59.1 Å². The van der Waals surface area contributed by atoms with Crippen molar-refractivity contribution >= 4 is 40.7 Å². The Kier molecular flexibility index (Phi) is 6.51. The number of benzene rings is 2. The van der Waals surface area contributed by atoms with Gasteiger partial charge in [-0.2, -0.15) is 0 Å². The van der Waals surface area contributed by atoms with Crippen molar-refractivity contribution in [3.05, 3.63) is 83.7 Å². The van der Waals surface area contributed by atoms with Crippen molar-refractivity contribution < 1.29 is 14.4 Å². The summed E-state index contributed by atoms with van der Waals surface area (Å²) in [6.07, 6.45) is 1.76. The minimum absolute atomic E-state index is 0.0855. The highest BCUT2D eigenvalue weighted by Gasteiger charge is 2.18. The summed E-state index contributed by atoms with van der Waals surface area (Å²) in [4.78, 5) is 42.7. The molecule has 0 saturated heterocycles. The molecule has 5 N–H and O–H groups in total. The Morgan fingerprint density at radius 1 is 1.06 bits per heavy atom. The predicted octanol–water partition coefficient (Wildman–Crippen LogP) is 3.80. The fourth-order valence-electron chi connectivity index (χ4n) is 3.84. The second-order valence-corrected chi connectivity index (χ2v) is 8.19. The molecule has 2 aromatic carbocycles. The summed E-state index contributed by atoms with van der Waals surface area (Å²) in [7, 11) is 1.51. The number of nitrogens with two attached hydrogens (primary N) is 1. The van der Waals surface area contributed by atoms with Crippen molar-refractivity contribution in [1.82, 2.24) is 14.7 Å². The molecule has 0 bridgehead atoms. The Labute approximate surface area is 207 Å². The van der Waals surface area contributed by atoms with Crippen LogP contribution in [0.5, 0.6) is 0 Å². The van der Waals surface area contributed by atoms with Gasteiger partial charge in [-0.3, -0.25) is 24.3 Å². The summed E-state index contributed by atoms with van der Waals surface area (Å²) in [6.45, 7) is 3.41. The van der Waals surface area contributed by atoms with Gasteiger partial charge in [0.1, 0.15) is 17.2 Å². The van der Waals surface area contributed by atoms with Gasteiger partial charge in [0, 0.05) is 30.1 Å². The van der Waals surface area contributed by atoms with Crippen LogP contribution in [0, 0.1) is 12.3 Å². The Hall–Kier alpha value is -4.99. The SMILES string of the molecule is CNC(=O)N(C(C)=N)c1ccc(-c2cn3c(C(=O)Nc4cccc(C(N)=O)c4)cc(C)cc3n2)cc1. The molecule has 10 nitrogen and oxygen atoms in total. The molecule has 36 heavy (non-hydrogen) atoms. The third-order valence-corrected chi connectivity index (χ3v) is 5.53. The third kappa shape index (κ3) is 4.78.